The molecule has 0 radical (unpaired) electrons. The molecule has 3 heterocycles. The minimum Gasteiger partial charge on any atom is -0.384 e. The fourth-order valence-electron chi connectivity index (χ4n) is 3.72. The first-order valence-corrected chi connectivity index (χ1v) is 10.2. The zero-order valence-corrected chi connectivity index (χ0v) is 17.1. The molecule has 0 fully saturated rings. The minimum atomic E-state index is 0.126. The number of nitrogens with zero attached hydrogens (tertiary/aromatic N) is 4. The van der Waals surface area contributed by atoms with Crippen LogP contribution in [0, 0.1) is 0 Å². The van der Waals surface area contributed by atoms with Gasteiger partial charge in [-0.15, -0.1) is 0 Å². The molecule has 1 atom stereocenters. The van der Waals surface area contributed by atoms with Crippen LogP contribution in [0.5, 0.6) is 0 Å². The van der Waals surface area contributed by atoms with Gasteiger partial charge in [-0.05, 0) is 30.7 Å². The molecule has 0 aliphatic rings. The molecule has 31 heavy (non-hydrogen) atoms. The van der Waals surface area contributed by atoms with E-state index in [0.29, 0.717) is 11.6 Å². The summed E-state index contributed by atoms with van der Waals surface area (Å²) >= 11 is 0. The van der Waals surface area contributed by atoms with Crippen molar-refractivity contribution < 1.29 is 0 Å². The van der Waals surface area contributed by atoms with Gasteiger partial charge in [-0.3, -0.25) is 4.40 Å². The number of hydrogen-bond acceptors (Lipinski definition) is 5. The number of anilines is 2. The fraction of sp³-hybridized carbons (Fsp3) is 0.0800. The number of pyridine rings is 1. The molecule has 3 aromatic heterocycles. The van der Waals surface area contributed by atoms with E-state index in [1.165, 1.54) is 5.56 Å². The lowest BCUT2D eigenvalue weighted by atomic mass is 10.1. The molecule has 0 saturated heterocycles. The van der Waals surface area contributed by atoms with Crippen LogP contribution >= 0.6 is 0 Å². The maximum atomic E-state index is 5.91. The summed E-state index contributed by atoms with van der Waals surface area (Å²) in [6, 6.07) is 26.4. The van der Waals surface area contributed by atoms with Gasteiger partial charge in [-0.2, -0.15) is 4.98 Å². The second kappa shape index (κ2) is 7.91. The van der Waals surface area contributed by atoms with Crippen LogP contribution in [0.3, 0.4) is 0 Å². The molecule has 152 valence electrons. The van der Waals surface area contributed by atoms with E-state index in [4.69, 9.17) is 10.7 Å². The molecule has 6 heteroatoms. The molecule has 3 N–H and O–H groups in total. The van der Waals surface area contributed by atoms with Crippen molar-refractivity contribution in [3.63, 3.8) is 0 Å². The molecule has 5 rings (SSSR count). The Morgan fingerprint density at radius 2 is 1.61 bits per heavy atom. The second-order valence-corrected chi connectivity index (χ2v) is 7.40. The Bertz CT molecular complexity index is 1330. The first-order chi connectivity index (χ1) is 15.2. The van der Waals surface area contributed by atoms with E-state index in [-0.39, 0.29) is 6.04 Å². The maximum Gasteiger partial charge on any atom is 0.236 e. The van der Waals surface area contributed by atoms with E-state index in [1.54, 1.807) is 6.07 Å². The van der Waals surface area contributed by atoms with E-state index in [9.17, 15) is 0 Å². The number of hydrogen-bond donors (Lipinski definition) is 2. The normalized spacial score (nSPS) is 12.0. The van der Waals surface area contributed by atoms with Crippen LogP contribution in [0.25, 0.3) is 28.3 Å². The smallest absolute Gasteiger partial charge is 0.236 e. The lowest BCUT2D eigenvalue weighted by molar-refractivity contribution is 0.875. The summed E-state index contributed by atoms with van der Waals surface area (Å²) in [5, 5.41) is 3.50. The van der Waals surface area contributed by atoms with Crippen LogP contribution in [-0.2, 0) is 0 Å². The molecule has 5 aromatic rings. The summed E-state index contributed by atoms with van der Waals surface area (Å²) in [6.07, 6.45) is 3.72. The number of rotatable bonds is 5. The highest BCUT2D eigenvalue weighted by molar-refractivity contribution is 5.82. The molecule has 0 bridgehead atoms. The molecule has 2 aromatic carbocycles. The van der Waals surface area contributed by atoms with Crippen molar-refractivity contribution in [2.45, 2.75) is 13.0 Å². The molecule has 6 nitrogen and oxygen atoms in total. The largest absolute Gasteiger partial charge is 0.384 e. The Morgan fingerprint density at radius 1 is 0.871 bits per heavy atom. The molecule has 0 amide bonds. The van der Waals surface area contributed by atoms with E-state index in [2.05, 4.69) is 34.3 Å². The van der Waals surface area contributed by atoms with Crippen LogP contribution in [-0.4, -0.2) is 19.4 Å². The van der Waals surface area contributed by atoms with Crippen molar-refractivity contribution >= 4 is 17.4 Å². The third kappa shape index (κ3) is 3.71. The van der Waals surface area contributed by atoms with E-state index in [1.807, 2.05) is 77.5 Å². The highest BCUT2D eigenvalue weighted by atomic mass is 15.1. The molecular formula is C25H22N6. The Labute approximate surface area is 180 Å². The monoisotopic (exact) mass is 406 g/mol. The summed E-state index contributed by atoms with van der Waals surface area (Å²) < 4.78 is 1.97. The molecule has 0 aliphatic heterocycles. The number of nitrogens with two attached hydrogens (primary N) is 1. The maximum absolute atomic E-state index is 5.91. The molecular weight excluding hydrogens is 384 g/mol. The topological polar surface area (TPSA) is 81.1 Å². The number of aromatic nitrogens is 4. The number of imidazole rings is 1. The summed E-state index contributed by atoms with van der Waals surface area (Å²) in [5.74, 6) is 1.81. The predicted octanol–water partition coefficient (Wildman–Crippen LogP) is 5.21. The van der Waals surface area contributed by atoms with Gasteiger partial charge in [0.2, 0.25) is 5.78 Å². The number of benzene rings is 2. The van der Waals surface area contributed by atoms with Crippen LogP contribution in [0.4, 0.5) is 11.6 Å². The number of nitrogen functional groups attached to an aromatic ring is 1. The highest BCUT2D eigenvalue weighted by Gasteiger charge is 2.18. The van der Waals surface area contributed by atoms with Crippen LogP contribution in [0.1, 0.15) is 18.5 Å². The van der Waals surface area contributed by atoms with Gasteiger partial charge in [-0.1, -0.05) is 60.7 Å². The third-order valence-corrected chi connectivity index (χ3v) is 5.26. The van der Waals surface area contributed by atoms with Gasteiger partial charge in [0, 0.05) is 29.6 Å². The van der Waals surface area contributed by atoms with Gasteiger partial charge in [-0.25, -0.2) is 9.97 Å². The van der Waals surface area contributed by atoms with E-state index in [0.717, 1.165) is 28.3 Å². The Balaban J connectivity index is 1.60. The lowest BCUT2D eigenvalue weighted by Crippen LogP contribution is -2.07. The predicted molar refractivity (Wildman–Crippen MR) is 125 cm³/mol. The van der Waals surface area contributed by atoms with Crippen LogP contribution in [0.15, 0.2) is 91.3 Å². The second-order valence-electron chi connectivity index (χ2n) is 7.40. The summed E-state index contributed by atoms with van der Waals surface area (Å²) in [7, 11) is 0. The highest BCUT2D eigenvalue weighted by Crippen LogP contribution is 2.33. The van der Waals surface area contributed by atoms with E-state index < -0.39 is 0 Å². The molecule has 0 saturated carbocycles. The fourth-order valence-corrected chi connectivity index (χ4v) is 3.72. The first kappa shape index (κ1) is 18.8. The van der Waals surface area contributed by atoms with Gasteiger partial charge >= 0.3 is 0 Å². The van der Waals surface area contributed by atoms with Crippen molar-refractivity contribution in [2.75, 3.05) is 11.1 Å². The van der Waals surface area contributed by atoms with Gasteiger partial charge in [0.15, 0.2) is 0 Å². The first-order valence-electron chi connectivity index (χ1n) is 10.2. The summed E-state index contributed by atoms with van der Waals surface area (Å²) in [6.45, 7) is 2.13. The number of nitrogens with one attached hydrogen (secondary N) is 1. The van der Waals surface area contributed by atoms with Gasteiger partial charge in [0.05, 0.1) is 11.4 Å². The van der Waals surface area contributed by atoms with Gasteiger partial charge < -0.3 is 11.1 Å². The molecule has 0 aliphatic carbocycles. The van der Waals surface area contributed by atoms with Crippen LogP contribution in [0.2, 0.25) is 0 Å². The standard InChI is InChI=1S/C25H22N6/c1-17(18-8-4-2-5-9-18)28-22-16-20(12-14-27-22)24-23(19-10-6-3-7-11-19)30-25-29-21(26)13-15-31(24)25/h2-17H,1H3,(H,27,28)(H2,26,29,30)/t17-/m0/s1. The van der Waals surface area contributed by atoms with E-state index >= 15 is 0 Å². The lowest BCUT2D eigenvalue weighted by Gasteiger charge is -2.15. The van der Waals surface area contributed by atoms with Crippen molar-refractivity contribution in [3.8, 4) is 22.5 Å². The SMILES string of the molecule is C[C@H](Nc1cc(-c2c(-c3ccccc3)nc3nc(N)ccn23)ccn1)c1ccccc1. The average molecular weight is 406 g/mol. The zero-order valence-electron chi connectivity index (χ0n) is 17.1. The molecule has 0 unspecified atom stereocenters. The van der Waals surface area contributed by atoms with Crippen molar-refractivity contribution in [3.05, 3.63) is 96.8 Å². The molecule has 0 spiro atoms. The third-order valence-electron chi connectivity index (χ3n) is 5.26. The van der Waals surface area contributed by atoms with Crippen LogP contribution < -0.4 is 11.1 Å². The van der Waals surface area contributed by atoms with Crippen molar-refractivity contribution in [1.29, 1.82) is 0 Å². The Kier molecular flexibility index (Phi) is 4.80. The van der Waals surface area contributed by atoms with Gasteiger partial charge in [0.25, 0.3) is 0 Å². The quantitative estimate of drug-likeness (QED) is 0.419. The van der Waals surface area contributed by atoms with Gasteiger partial charge in [0.1, 0.15) is 11.6 Å². The zero-order chi connectivity index (χ0) is 21.2. The van der Waals surface area contributed by atoms with Crippen molar-refractivity contribution in [2.24, 2.45) is 0 Å². The Morgan fingerprint density at radius 3 is 2.39 bits per heavy atom. The average Bonchev–Trinajstić information content (AvgIpc) is 3.19. The van der Waals surface area contributed by atoms with Crippen molar-refractivity contribution in [1.82, 2.24) is 19.4 Å². The number of fused-ring (bicyclic) bond motifs is 1. The minimum absolute atomic E-state index is 0.126. The summed E-state index contributed by atoms with van der Waals surface area (Å²) in [5.41, 5.74) is 10.9. The Hall–Kier alpha value is -4.19. The summed E-state index contributed by atoms with van der Waals surface area (Å²) in [4.78, 5) is 13.7.